The summed E-state index contributed by atoms with van der Waals surface area (Å²) >= 11 is 5.87. The summed E-state index contributed by atoms with van der Waals surface area (Å²) in [6.07, 6.45) is 4.03. The highest BCUT2D eigenvalue weighted by Crippen LogP contribution is 2.20. The quantitative estimate of drug-likeness (QED) is 0.639. The van der Waals surface area contributed by atoms with Crippen LogP contribution in [0.25, 0.3) is 0 Å². The summed E-state index contributed by atoms with van der Waals surface area (Å²) in [4.78, 5) is 0. The van der Waals surface area contributed by atoms with Crippen molar-refractivity contribution in [3.05, 3.63) is 34.6 Å². The fraction of sp³-hybridized carbons (Fsp3) is 0.455. The third-order valence-corrected chi connectivity index (χ3v) is 2.45. The van der Waals surface area contributed by atoms with Crippen molar-refractivity contribution in [3.63, 3.8) is 0 Å². The highest BCUT2D eigenvalue weighted by molar-refractivity contribution is 6.31. The molecule has 72 valence electrons. The second-order valence-electron chi connectivity index (χ2n) is 3.16. The number of halogens is 2. The number of benzene rings is 1. The van der Waals surface area contributed by atoms with Crippen LogP contribution in [0, 0.1) is 5.82 Å². The summed E-state index contributed by atoms with van der Waals surface area (Å²) in [6, 6.07) is 4.85. The third-order valence-electron chi connectivity index (χ3n) is 2.09. The molecule has 0 atom stereocenters. The minimum atomic E-state index is -0.177. The molecule has 2 heteroatoms. The molecule has 1 aromatic rings. The number of hydrogen-bond donors (Lipinski definition) is 0. The van der Waals surface area contributed by atoms with Crippen molar-refractivity contribution in [2.45, 2.75) is 32.6 Å². The van der Waals surface area contributed by atoms with Crippen molar-refractivity contribution in [1.29, 1.82) is 0 Å². The lowest BCUT2D eigenvalue weighted by Gasteiger charge is -2.04. The van der Waals surface area contributed by atoms with Crippen LogP contribution in [-0.4, -0.2) is 0 Å². The fourth-order valence-electron chi connectivity index (χ4n) is 1.32. The Kier molecular flexibility index (Phi) is 4.23. The minimum absolute atomic E-state index is 0.177. The predicted molar refractivity (Wildman–Crippen MR) is 54.6 cm³/mol. The first kappa shape index (κ1) is 10.5. The van der Waals surface area contributed by atoms with E-state index < -0.39 is 0 Å². The Morgan fingerprint density at radius 3 is 2.69 bits per heavy atom. The van der Waals surface area contributed by atoms with Crippen molar-refractivity contribution in [3.8, 4) is 0 Å². The topological polar surface area (TPSA) is 0 Å². The van der Waals surface area contributed by atoms with Gasteiger partial charge < -0.3 is 0 Å². The lowest BCUT2D eigenvalue weighted by atomic mass is 10.1. The molecule has 0 heterocycles. The summed E-state index contributed by atoms with van der Waals surface area (Å²) in [6.45, 7) is 2.13. The predicted octanol–water partition coefficient (Wildman–Crippen LogP) is 4.21. The Morgan fingerprint density at radius 1 is 1.31 bits per heavy atom. The van der Waals surface area contributed by atoms with Gasteiger partial charge in [-0.3, -0.25) is 0 Å². The second-order valence-corrected chi connectivity index (χ2v) is 3.56. The van der Waals surface area contributed by atoms with E-state index >= 15 is 0 Å². The van der Waals surface area contributed by atoms with Crippen LogP contribution in [0.1, 0.15) is 31.7 Å². The van der Waals surface area contributed by atoms with E-state index in [-0.39, 0.29) is 5.82 Å². The van der Waals surface area contributed by atoms with E-state index in [0.29, 0.717) is 10.6 Å². The Bertz CT molecular complexity index is 251. The van der Waals surface area contributed by atoms with Gasteiger partial charge in [0.2, 0.25) is 0 Å². The molecule has 1 aromatic carbocycles. The van der Waals surface area contributed by atoms with Gasteiger partial charge in [-0.05, 0) is 25.0 Å². The highest BCUT2D eigenvalue weighted by Gasteiger charge is 2.05. The molecule has 0 amide bonds. The van der Waals surface area contributed by atoms with Crippen molar-refractivity contribution in [1.82, 2.24) is 0 Å². The average molecular weight is 201 g/mol. The van der Waals surface area contributed by atoms with Gasteiger partial charge in [-0.25, -0.2) is 4.39 Å². The molecular formula is C11H14ClF. The van der Waals surface area contributed by atoms with Crippen LogP contribution in [0.4, 0.5) is 4.39 Å². The lowest BCUT2D eigenvalue weighted by Crippen LogP contribution is -1.91. The monoisotopic (exact) mass is 200 g/mol. The van der Waals surface area contributed by atoms with Gasteiger partial charge in [0.25, 0.3) is 0 Å². The molecule has 0 bridgehead atoms. The molecule has 0 fully saturated rings. The first-order chi connectivity index (χ1) is 6.25. The van der Waals surface area contributed by atoms with Gasteiger partial charge in [-0.15, -0.1) is 0 Å². The molecule has 13 heavy (non-hydrogen) atoms. The van der Waals surface area contributed by atoms with E-state index in [4.69, 9.17) is 11.6 Å². The van der Waals surface area contributed by atoms with E-state index in [1.165, 1.54) is 6.07 Å². The van der Waals surface area contributed by atoms with Gasteiger partial charge in [0.1, 0.15) is 5.82 Å². The Balaban J connectivity index is 2.64. The van der Waals surface area contributed by atoms with Gasteiger partial charge in [0.15, 0.2) is 0 Å². The molecule has 0 N–H and O–H groups in total. The molecule has 0 aliphatic carbocycles. The first-order valence-electron chi connectivity index (χ1n) is 4.68. The molecule has 0 aliphatic heterocycles. The van der Waals surface area contributed by atoms with Crippen LogP contribution in [0.2, 0.25) is 5.02 Å². The van der Waals surface area contributed by atoms with E-state index in [0.717, 1.165) is 25.7 Å². The first-order valence-corrected chi connectivity index (χ1v) is 5.06. The summed E-state index contributed by atoms with van der Waals surface area (Å²) < 4.78 is 13.2. The fourth-order valence-corrected chi connectivity index (χ4v) is 1.58. The van der Waals surface area contributed by atoms with Crippen LogP contribution in [0.15, 0.2) is 18.2 Å². The molecule has 0 aromatic heterocycles. The molecule has 0 saturated carbocycles. The van der Waals surface area contributed by atoms with Gasteiger partial charge in [-0.1, -0.05) is 37.4 Å². The molecule has 0 spiro atoms. The summed E-state index contributed by atoms with van der Waals surface area (Å²) in [5, 5.41) is 0.552. The average Bonchev–Trinajstić information content (AvgIpc) is 2.10. The standard InChI is InChI=1S/C11H14ClF/c1-2-3-4-6-9-10(12)7-5-8-11(9)13/h5,7-8H,2-4,6H2,1H3. The summed E-state index contributed by atoms with van der Waals surface area (Å²) in [5.74, 6) is -0.177. The molecule has 0 saturated heterocycles. The van der Waals surface area contributed by atoms with Crippen molar-refractivity contribution < 1.29 is 4.39 Å². The third kappa shape index (κ3) is 3.00. The molecule has 1 rings (SSSR count). The van der Waals surface area contributed by atoms with Gasteiger partial charge in [-0.2, -0.15) is 0 Å². The molecule has 0 unspecified atom stereocenters. The minimum Gasteiger partial charge on any atom is -0.207 e. The zero-order valence-electron chi connectivity index (χ0n) is 7.82. The van der Waals surface area contributed by atoms with E-state index in [2.05, 4.69) is 6.92 Å². The SMILES string of the molecule is CCCCCc1c(F)cccc1Cl. The summed E-state index contributed by atoms with van der Waals surface area (Å²) in [7, 11) is 0. The Labute approximate surface area is 83.7 Å². The zero-order valence-corrected chi connectivity index (χ0v) is 8.57. The number of rotatable bonds is 4. The maximum Gasteiger partial charge on any atom is 0.127 e. The van der Waals surface area contributed by atoms with Crippen LogP contribution in [0.3, 0.4) is 0 Å². The van der Waals surface area contributed by atoms with Crippen LogP contribution < -0.4 is 0 Å². The van der Waals surface area contributed by atoms with Crippen LogP contribution in [0.5, 0.6) is 0 Å². The van der Waals surface area contributed by atoms with Gasteiger partial charge >= 0.3 is 0 Å². The van der Waals surface area contributed by atoms with Crippen LogP contribution in [-0.2, 0) is 6.42 Å². The zero-order chi connectivity index (χ0) is 9.68. The van der Waals surface area contributed by atoms with Gasteiger partial charge in [0.05, 0.1) is 0 Å². The maximum absolute atomic E-state index is 13.2. The normalized spacial score (nSPS) is 10.4. The van der Waals surface area contributed by atoms with Crippen molar-refractivity contribution in [2.75, 3.05) is 0 Å². The molecule has 0 nitrogen and oxygen atoms in total. The largest absolute Gasteiger partial charge is 0.207 e. The number of hydrogen-bond acceptors (Lipinski definition) is 0. The van der Waals surface area contributed by atoms with E-state index in [9.17, 15) is 4.39 Å². The van der Waals surface area contributed by atoms with E-state index in [1.54, 1.807) is 12.1 Å². The molecule has 0 radical (unpaired) electrons. The van der Waals surface area contributed by atoms with E-state index in [1.807, 2.05) is 0 Å². The molecule has 0 aliphatic rings. The number of unbranched alkanes of at least 4 members (excludes halogenated alkanes) is 2. The smallest absolute Gasteiger partial charge is 0.127 e. The van der Waals surface area contributed by atoms with Crippen LogP contribution >= 0.6 is 11.6 Å². The lowest BCUT2D eigenvalue weighted by molar-refractivity contribution is 0.599. The molecular weight excluding hydrogens is 187 g/mol. The highest BCUT2D eigenvalue weighted by atomic mass is 35.5. The second kappa shape index (κ2) is 5.23. The Morgan fingerprint density at radius 2 is 2.08 bits per heavy atom. The Hall–Kier alpha value is -0.560. The van der Waals surface area contributed by atoms with Gasteiger partial charge in [0, 0.05) is 10.6 Å². The maximum atomic E-state index is 13.2. The summed E-state index contributed by atoms with van der Waals surface area (Å²) in [5.41, 5.74) is 0.664. The van der Waals surface area contributed by atoms with Crippen molar-refractivity contribution in [2.24, 2.45) is 0 Å². The van der Waals surface area contributed by atoms with Crippen molar-refractivity contribution >= 4 is 11.6 Å².